The van der Waals surface area contributed by atoms with Crippen LogP contribution in [0.2, 0.25) is 0 Å². The van der Waals surface area contributed by atoms with Gasteiger partial charge < -0.3 is 15.4 Å². The van der Waals surface area contributed by atoms with E-state index < -0.39 is 5.54 Å². The van der Waals surface area contributed by atoms with Gasteiger partial charge in [-0.3, -0.25) is 4.79 Å². The van der Waals surface area contributed by atoms with Crippen LogP contribution in [0.1, 0.15) is 57.8 Å². The van der Waals surface area contributed by atoms with Crippen molar-refractivity contribution < 1.29 is 9.53 Å². The number of esters is 1. The summed E-state index contributed by atoms with van der Waals surface area (Å²) in [5, 5.41) is 0. The lowest BCUT2D eigenvalue weighted by atomic mass is 9.85. The van der Waals surface area contributed by atoms with Gasteiger partial charge in [-0.2, -0.15) is 0 Å². The molecule has 1 heterocycles. The molecule has 0 radical (unpaired) electrons. The first kappa shape index (κ1) is 15.8. The maximum Gasteiger partial charge on any atom is 0.326 e. The minimum absolute atomic E-state index is 0.215. The summed E-state index contributed by atoms with van der Waals surface area (Å²) in [6.45, 7) is 3.51. The highest BCUT2D eigenvalue weighted by atomic mass is 16.5. The number of hydrogen-bond acceptors (Lipinski definition) is 4. The van der Waals surface area contributed by atoms with Crippen molar-refractivity contribution in [3.05, 3.63) is 0 Å². The molecular weight excluding hydrogens is 252 g/mol. The normalized spacial score (nSPS) is 32.6. The van der Waals surface area contributed by atoms with Crippen molar-refractivity contribution >= 4 is 5.97 Å². The molecule has 0 bridgehead atoms. The van der Waals surface area contributed by atoms with Gasteiger partial charge in [0, 0.05) is 0 Å². The number of nitrogens with two attached hydrogens (primary N) is 1. The van der Waals surface area contributed by atoms with E-state index in [1.54, 1.807) is 0 Å². The van der Waals surface area contributed by atoms with Gasteiger partial charge in [0.2, 0.25) is 0 Å². The molecule has 4 heteroatoms. The Labute approximate surface area is 123 Å². The molecule has 2 aliphatic rings. The van der Waals surface area contributed by atoms with Gasteiger partial charge in [-0.15, -0.1) is 0 Å². The van der Waals surface area contributed by atoms with Gasteiger partial charge in [0.25, 0.3) is 0 Å². The predicted octanol–water partition coefficient (Wildman–Crippen LogP) is 2.31. The first-order valence-corrected chi connectivity index (χ1v) is 8.26. The Kier molecular flexibility index (Phi) is 5.85. The SMILES string of the molecule is COC(=O)C1(N)CCCC1CCN1CCCCCCC1. The van der Waals surface area contributed by atoms with E-state index in [0.29, 0.717) is 5.92 Å². The molecule has 2 unspecified atom stereocenters. The summed E-state index contributed by atoms with van der Waals surface area (Å²) in [5.41, 5.74) is 5.61. The van der Waals surface area contributed by atoms with Gasteiger partial charge in [0.15, 0.2) is 0 Å². The van der Waals surface area contributed by atoms with Gasteiger partial charge in [-0.1, -0.05) is 25.7 Å². The number of rotatable bonds is 4. The second kappa shape index (κ2) is 7.41. The lowest BCUT2D eigenvalue weighted by molar-refractivity contribution is -0.148. The lowest BCUT2D eigenvalue weighted by Gasteiger charge is -2.31. The maximum atomic E-state index is 11.9. The minimum Gasteiger partial charge on any atom is -0.468 e. The van der Waals surface area contributed by atoms with Crippen LogP contribution in [0.15, 0.2) is 0 Å². The van der Waals surface area contributed by atoms with E-state index in [-0.39, 0.29) is 5.97 Å². The molecule has 2 rings (SSSR count). The third-order valence-electron chi connectivity index (χ3n) is 5.18. The van der Waals surface area contributed by atoms with Crippen LogP contribution in [0.3, 0.4) is 0 Å². The molecule has 2 N–H and O–H groups in total. The molecular formula is C16H30N2O2. The van der Waals surface area contributed by atoms with Gasteiger partial charge in [-0.05, 0) is 57.7 Å². The average Bonchev–Trinajstić information content (AvgIpc) is 2.79. The van der Waals surface area contributed by atoms with Crippen LogP contribution in [0, 0.1) is 5.92 Å². The fourth-order valence-corrected chi connectivity index (χ4v) is 3.84. The highest BCUT2D eigenvalue weighted by molar-refractivity contribution is 5.81. The Balaban J connectivity index is 1.84. The number of nitrogens with zero attached hydrogens (tertiary/aromatic N) is 1. The molecule has 20 heavy (non-hydrogen) atoms. The largest absolute Gasteiger partial charge is 0.468 e. The van der Waals surface area contributed by atoms with E-state index in [1.165, 1.54) is 52.3 Å². The average molecular weight is 282 g/mol. The predicted molar refractivity (Wildman–Crippen MR) is 80.4 cm³/mol. The lowest BCUT2D eigenvalue weighted by Crippen LogP contribution is -2.52. The summed E-state index contributed by atoms with van der Waals surface area (Å²) in [7, 11) is 1.45. The molecule has 0 aromatic rings. The number of hydrogen-bond donors (Lipinski definition) is 1. The van der Waals surface area contributed by atoms with E-state index in [2.05, 4.69) is 4.90 Å². The number of methoxy groups -OCH3 is 1. The van der Waals surface area contributed by atoms with Crippen molar-refractivity contribution in [1.29, 1.82) is 0 Å². The van der Waals surface area contributed by atoms with Crippen LogP contribution >= 0.6 is 0 Å². The zero-order valence-electron chi connectivity index (χ0n) is 12.9. The van der Waals surface area contributed by atoms with E-state index in [0.717, 1.165) is 32.2 Å². The fourth-order valence-electron chi connectivity index (χ4n) is 3.84. The summed E-state index contributed by atoms with van der Waals surface area (Å²) in [4.78, 5) is 14.5. The summed E-state index contributed by atoms with van der Waals surface area (Å²) >= 11 is 0. The molecule has 0 amide bonds. The van der Waals surface area contributed by atoms with E-state index >= 15 is 0 Å². The van der Waals surface area contributed by atoms with Crippen LogP contribution in [0.25, 0.3) is 0 Å². The first-order valence-electron chi connectivity index (χ1n) is 8.26. The van der Waals surface area contributed by atoms with Crippen LogP contribution in [0.4, 0.5) is 0 Å². The smallest absolute Gasteiger partial charge is 0.326 e. The van der Waals surface area contributed by atoms with Gasteiger partial charge >= 0.3 is 5.97 Å². The molecule has 1 saturated carbocycles. The van der Waals surface area contributed by atoms with Crippen molar-refractivity contribution in [3.63, 3.8) is 0 Å². The molecule has 2 atom stereocenters. The molecule has 4 nitrogen and oxygen atoms in total. The van der Waals surface area contributed by atoms with E-state index in [9.17, 15) is 4.79 Å². The first-order chi connectivity index (χ1) is 9.66. The molecule has 0 aromatic carbocycles. The number of likely N-dealkylation sites (tertiary alicyclic amines) is 1. The van der Waals surface area contributed by atoms with Crippen LogP contribution in [-0.4, -0.2) is 43.2 Å². The summed E-state index contributed by atoms with van der Waals surface area (Å²) in [6, 6.07) is 0. The van der Waals surface area contributed by atoms with Crippen LogP contribution in [0.5, 0.6) is 0 Å². The van der Waals surface area contributed by atoms with Gasteiger partial charge in [0.05, 0.1) is 7.11 Å². The molecule has 116 valence electrons. The Bertz CT molecular complexity index is 314. The third-order valence-corrected chi connectivity index (χ3v) is 5.18. The Morgan fingerprint density at radius 2 is 1.85 bits per heavy atom. The number of ether oxygens (including phenoxy) is 1. The number of carbonyl (C=O) groups is 1. The summed E-state index contributed by atoms with van der Waals surface area (Å²) in [6.07, 6.45) is 10.7. The Morgan fingerprint density at radius 3 is 2.50 bits per heavy atom. The highest BCUT2D eigenvalue weighted by Crippen LogP contribution is 2.37. The topological polar surface area (TPSA) is 55.6 Å². The molecule has 0 spiro atoms. The standard InChI is InChI=1S/C16H30N2O2/c1-20-15(19)16(17)10-7-8-14(16)9-13-18-11-5-3-2-4-6-12-18/h14H,2-13,17H2,1H3. The monoisotopic (exact) mass is 282 g/mol. The quantitative estimate of drug-likeness (QED) is 0.804. The Hall–Kier alpha value is -0.610. The van der Waals surface area contributed by atoms with Crippen molar-refractivity contribution in [1.82, 2.24) is 4.90 Å². The van der Waals surface area contributed by atoms with Gasteiger partial charge in [0.1, 0.15) is 5.54 Å². The van der Waals surface area contributed by atoms with E-state index in [1.807, 2.05) is 0 Å². The maximum absolute atomic E-state index is 11.9. The van der Waals surface area contributed by atoms with E-state index in [4.69, 9.17) is 10.5 Å². The zero-order valence-corrected chi connectivity index (χ0v) is 12.9. The van der Waals surface area contributed by atoms with Crippen LogP contribution < -0.4 is 5.73 Å². The second-order valence-corrected chi connectivity index (χ2v) is 6.52. The second-order valence-electron chi connectivity index (χ2n) is 6.52. The van der Waals surface area contributed by atoms with Crippen molar-refractivity contribution in [3.8, 4) is 0 Å². The van der Waals surface area contributed by atoms with Crippen molar-refractivity contribution in [2.45, 2.75) is 63.3 Å². The van der Waals surface area contributed by atoms with Crippen molar-refractivity contribution in [2.24, 2.45) is 11.7 Å². The van der Waals surface area contributed by atoms with Crippen molar-refractivity contribution in [2.75, 3.05) is 26.7 Å². The van der Waals surface area contributed by atoms with Crippen LogP contribution in [-0.2, 0) is 9.53 Å². The zero-order chi connectivity index (χ0) is 14.4. The fraction of sp³-hybridized carbons (Fsp3) is 0.938. The molecule has 1 aliphatic heterocycles. The molecule has 2 fully saturated rings. The molecule has 1 saturated heterocycles. The third kappa shape index (κ3) is 3.73. The number of carbonyl (C=O) groups excluding carboxylic acids is 1. The summed E-state index contributed by atoms with van der Waals surface area (Å²) < 4.78 is 4.92. The molecule has 1 aliphatic carbocycles. The van der Waals surface area contributed by atoms with Gasteiger partial charge in [-0.25, -0.2) is 0 Å². The summed E-state index contributed by atoms with van der Waals surface area (Å²) in [5.74, 6) is 0.0769. The minimum atomic E-state index is -0.725. The highest BCUT2D eigenvalue weighted by Gasteiger charge is 2.46. The molecule has 0 aromatic heterocycles. The Morgan fingerprint density at radius 1 is 1.20 bits per heavy atom.